The fourth-order valence-electron chi connectivity index (χ4n) is 3.73. The predicted octanol–water partition coefficient (Wildman–Crippen LogP) is 2.03. The van der Waals surface area contributed by atoms with Gasteiger partial charge in [0, 0.05) is 20.1 Å². The summed E-state index contributed by atoms with van der Waals surface area (Å²) in [5.74, 6) is 1.02. The number of carbonyl (C=O) groups excluding carboxylic acids is 1. The molecule has 2 fully saturated rings. The van der Waals surface area contributed by atoms with Gasteiger partial charge in [-0.15, -0.1) is 0 Å². The number of carbonyl (C=O) groups is 1. The maximum absolute atomic E-state index is 12.7. The lowest BCUT2D eigenvalue weighted by Gasteiger charge is -2.30. The summed E-state index contributed by atoms with van der Waals surface area (Å²) in [5.41, 5.74) is 1.12. The lowest BCUT2D eigenvalue weighted by Crippen LogP contribution is -2.46. The first-order valence-corrected chi connectivity index (χ1v) is 8.29. The largest absolute Gasteiger partial charge is 0.497 e. The molecule has 2 bridgehead atoms. The molecule has 0 radical (unpaired) electrons. The van der Waals surface area contributed by atoms with E-state index < -0.39 is 0 Å². The minimum Gasteiger partial charge on any atom is -0.497 e. The maximum Gasteiger partial charge on any atom is 0.223 e. The number of methoxy groups -OCH3 is 2. The molecule has 126 valence electrons. The number of amides is 1. The maximum atomic E-state index is 12.7. The quantitative estimate of drug-likeness (QED) is 0.833. The third-order valence-corrected chi connectivity index (χ3v) is 4.91. The van der Waals surface area contributed by atoms with Crippen LogP contribution in [0.5, 0.6) is 5.75 Å². The highest BCUT2D eigenvalue weighted by molar-refractivity contribution is 5.77. The van der Waals surface area contributed by atoms with E-state index in [1.807, 2.05) is 29.2 Å². The van der Waals surface area contributed by atoms with E-state index in [2.05, 4.69) is 0 Å². The number of hydrogen-bond donors (Lipinski definition) is 0. The molecule has 1 heterocycles. The Hall–Kier alpha value is -1.59. The third-order valence-electron chi connectivity index (χ3n) is 4.91. The topological polar surface area (TPSA) is 48.0 Å². The van der Waals surface area contributed by atoms with Gasteiger partial charge in [-0.05, 0) is 37.0 Å². The van der Waals surface area contributed by atoms with E-state index in [-0.39, 0.29) is 24.2 Å². The minimum absolute atomic E-state index is 0.0123. The van der Waals surface area contributed by atoms with Gasteiger partial charge in [-0.3, -0.25) is 4.79 Å². The Balaban J connectivity index is 1.62. The number of ether oxygens (including phenoxy) is 3. The van der Waals surface area contributed by atoms with E-state index in [0.29, 0.717) is 19.6 Å². The zero-order chi connectivity index (χ0) is 16.2. The van der Waals surface area contributed by atoms with Crippen LogP contribution in [0.25, 0.3) is 0 Å². The molecule has 0 spiro atoms. The van der Waals surface area contributed by atoms with Crippen LogP contribution in [0.15, 0.2) is 24.3 Å². The Labute approximate surface area is 137 Å². The van der Waals surface area contributed by atoms with Gasteiger partial charge in [0.25, 0.3) is 0 Å². The van der Waals surface area contributed by atoms with Crippen molar-refractivity contribution in [2.75, 3.05) is 27.4 Å². The smallest absolute Gasteiger partial charge is 0.223 e. The summed E-state index contributed by atoms with van der Waals surface area (Å²) in [6, 6.07) is 8.05. The van der Waals surface area contributed by atoms with Crippen molar-refractivity contribution in [2.24, 2.45) is 0 Å². The second kappa shape index (κ2) is 7.32. The molecule has 0 N–H and O–H groups in total. The molecule has 1 aromatic rings. The molecule has 23 heavy (non-hydrogen) atoms. The van der Waals surface area contributed by atoms with Crippen molar-refractivity contribution in [2.45, 2.75) is 43.9 Å². The summed E-state index contributed by atoms with van der Waals surface area (Å²) in [6.07, 6.45) is 3.32. The van der Waals surface area contributed by atoms with E-state index in [4.69, 9.17) is 14.2 Å². The average Bonchev–Trinajstić information content (AvgIpc) is 2.88. The van der Waals surface area contributed by atoms with Crippen molar-refractivity contribution in [3.63, 3.8) is 0 Å². The number of benzene rings is 1. The van der Waals surface area contributed by atoms with Crippen LogP contribution in [0.2, 0.25) is 0 Å². The zero-order valence-corrected chi connectivity index (χ0v) is 13.9. The van der Waals surface area contributed by atoms with Crippen LogP contribution in [0.1, 0.15) is 24.8 Å². The molecule has 1 aromatic carbocycles. The molecule has 1 aliphatic heterocycles. The van der Waals surface area contributed by atoms with Gasteiger partial charge in [0.1, 0.15) is 11.9 Å². The van der Waals surface area contributed by atoms with Gasteiger partial charge in [-0.1, -0.05) is 12.1 Å². The highest BCUT2D eigenvalue weighted by Gasteiger charge is 2.43. The molecule has 1 saturated carbocycles. The van der Waals surface area contributed by atoms with Crippen molar-refractivity contribution in [1.82, 2.24) is 4.90 Å². The Morgan fingerprint density at radius 2 is 2.22 bits per heavy atom. The Morgan fingerprint density at radius 3 is 3.00 bits per heavy atom. The molecule has 1 aliphatic carbocycles. The SMILES string of the molecule is COc1cccc(CCC(=O)N2CCOC3CCC2C3OC)c1. The third kappa shape index (κ3) is 3.51. The molecule has 0 aromatic heterocycles. The normalized spacial score (nSPS) is 26.9. The van der Waals surface area contributed by atoms with Crippen molar-refractivity contribution in [1.29, 1.82) is 0 Å². The summed E-state index contributed by atoms with van der Waals surface area (Å²) in [7, 11) is 3.37. The zero-order valence-electron chi connectivity index (χ0n) is 13.9. The van der Waals surface area contributed by atoms with Crippen LogP contribution >= 0.6 is 0 Å². The van der Waals surface area contributed by atoms with Gasteiger partial charge >= 0.3 is 0 Å². The first-order chi connectivity index (χ1) is 11.2. The fourth-order valence-corrected chi connectivity index (χ4v) is 3.73. The van der Waals surface area contributed by atoms with Crippen molar-refractivity contribution < 1.29 is 19.0 Å². The summed E-state index contributed by atoms with van der Waals surface area (Å²) < 4.78 is 16.7. The number of nitrogens with zero attached hydrogens (tertiary/aromatic N) is 1. The van der Waals surface area contributed by atoms with E-state index in [9.17, 15) is 4.79 Å². The molecule has 2 aliphatic rings. The molecule has 5 heteroatoms. The Kier molecular flexibility index (Phi) is 5.18. The Bertz CT molecular complexity index is 548. The number of fused-ring (bicyclic) bond motifs is 2. The van der Waals surface area contributed by atoms with Crippen LogP contribution in [-0.2, 0) is 20.7 Å². The predicted molar refractivity (Wildman–Crippen MR) is 86.6 cm³/mol. The second-order valence-electron chi connectivity index (χ2n) is 6.19. The van der Waals surface area contributed by atoms with E-state index in [1.165, 1.54) is 0 Å². The summed E-state index contributed by atoms with van der Waals surface area (Å²) >= 11 is 0. The van der Waals surface area contributed by atoms with Gasteiger partial charge in [-0.25, -0.2) is 0 Å². The number of hydrogen-bond acceptors (Lipinski definition) is 4. The minimum atomic E-state index is 0.0123. The summed E-state index contributed by atoms with van der Waals surface area (Å²) in [5, 5.41) is 0. The van der Waals surface area contributed by atoms with Crippen LogP contribution in [-0.4, -0.2) is 56.4 Å². The molecule has 1 saturated heterocycles. The first kappa shape index (κ1) is 16.3. The monoisotopic (exact) mass is 319 g/mol. The highest BCUT2D eigenvalue weighted by Crippen LogP contribution is 2.32. The van der Waals surface area contributed by atoms with Crippen LogP contribution < -0.4 is 4.74 Å². The van der Waals surface area contributed by atoms with Gasteiger partial charge < -0.3 is 19.1 Å². The second-order valence-corrected chi connectivity index (χ2v) is 6.19. The lowest BCUT2D eigenvalue weighted by atomic mass is 10.1. The fraction of sp³-hybridized carbons (Fsp3) is 0.611. The van der Waals surface area contributed by atoms with Crippen molar-refractivity contribution in [3.05, 3.63) is 29.8 Å². The van der Waals surface area contributed by atoms with Gasteiger partial charge in [-0.2, -0.15) is 0 Å². The number of rotatable bonds is 5. The summed E-state index contributed by atoms with van der Waals surface area (Å²) in [4.78, 5) is 14.7. The van der Waals surface area contributed by atoms with Crippen LogP contribution in [0.3, 0.4) is 0 Å². The van der Waals surface area contributed by atoms with Gasteiger partial charge in [0.2, 0.25) is 5.91 Å². The van der Waals surface area contributed by atoms with Crippen molar-refractivity contribution in [3.8, 4) is 5.75 Å². The molecular weight excluding hydrogens is 294 g/mol. The van der Waals surface area contributed by atoms with Crippen LogP contribution in [0, 0.1) is 0 Å². The average molecular weight is 319 g/mol. The first-order valence-electron chi connectivity index (χ1n) is 8.29. The molecule has 1 amide bonds. The Morgan fingerprint density at radius 1 is 1.35 bits per heavy atom. The highest BCUT2D eigenvalue weighted by atomic mass is 16.5. The standard InChI is InChI=1S/C18H25NO4/c1-21-14-5-3-4-13(12-14)6-9-17(20)19-10-11-23-16-8-7-15(19)18(16)22-2/h3-5,12,15-16,18H,6-11H2,1-2H3. The van der Waals surface area contributed by atoms with Crippen LogP contribution in [0.4, 0.5) is 0 Å². The molecular formula is C18H25NO4. The molecule has 3 rings (SSSR count). The van der Waals surface area contributed by atoms with Gasteiger partial charge in [0.05, 0.1) is 25.9 Å². The van der Waals surface area contributed by atoms with Crippen molar-refractivity contribution >= 4 is 5.91 Å². The van der Waals surface area contributed by atoms with E-state index in [0.717, 1.165) is 30.6 Å². The number of aryl methyl sites for hydroxylation is 1. The van der Waals surface area contributed by atoms with E-state index >= 15 is 0 Å². The molecule has 3 unspecified atom stereocenters. The lowest BCUT2D eigenvalue weighted by molar-refractivity contribution is -0.135. The van der Waals surface area contributed by atoms with Gasteiger partial charge in [0.15, 0.2) is 0 Å². The molecule has 3 atom stereocenters. The van der Waals surface area contributed by atoms with E-state index in [1.54, 1.807) is 14.2 Å². The molecule has 5 nitrogen and oxygen atoms in total. The summed E-state index contributed by atoms with van der Waals surface area (Å²) in [6.45, 7) is 1.27.